The largest absolute Gasteiger partial charge is 0.376 e. The van der Waals surface area contributed by atoms with Crippen LogP contribution in [0.5, 0.6) is 0 Å². The Morgan fingerprint density at radius 1 is 1.22 bits per heavy atom. The van der Waals surface area contributed by atoms with Crippen molar-refractivity contribution >= 4 is 21.4 Å². The summed E-state index contributed by atoms with van der Waals surface area (Å²) in [5, 5.41) is 5.67. The third kappa shape index (κ3) is 4.75. The molecule has 0 atom stereocenters. The standard InChI is InChI=1S/C12H18N2O3S/c1-3-8-13-12(15)9-14-10-4-6-11(7-5-10)18(2,16)17/h4-7,14H,3,8-9H2,1-2H3,(H,13,15). The lowest BCUT2D eigenvalue weighted by atomic mass is 10.3. The van der Waals surface area contributed by atoms with E-state index in [2.05, 4.69) is 10.6 Å². The molecule has 1 aromatic carbocycles. The normalized spacial score (nSPS) is 11.0. The second-order valence-corrected chi connectivity index (χ2v) is 6.02. The van der Waals surface area contributed by atoms with Crippen LogP contribution < -0.4 is 10.6 Å². The van der Waals surface area contributed by atoms with Crippen molar-refractivity contribution in [1.82, 2.24) is 5.32 Å². The first-order valence-electron chi connectivity index (χ1n) is 5.74. The maximum atomic E-state index is 11.3. The lowest BCUT2D eigenvalue weighted by Gasteiger charge is -2.07. The first kappa shape index (κ1) is 14.5. The van der Waals surface area contributed by atoms with Gasteiger partial charge in [-0.05, 0) is 30.7 Å². The molecule has 0 unspecified atom stereocenters. The van der Waals surface area contributed by atoms with Gasteiger partial charge in [0.2, 0.25) is 5.91 Å². The molecule has 0 spiro atoms. The topological polar surface area (TPSA) is 75.3 Å². The average molecular weight is 270 g/mol. The molecule has 0 heterocycles. The maximum absolute atomic E-state index is 11.3. The van der Waals surface area contributed by atoms with Crippen LogP contribution in [0.25, 0.3) is 0 Å². The summed E-state index contributed by atoms with van der Waals surface area (Å²) in [6.07, 6.45) is 2.06. The van der Waals surface area contributed by atoms with Crippen LogP contribution >= 0.6 is 0 Å². The molecule has 6 heteroatoms. The van der Waals surface area contributed by atoms with Crippen LogP contribution in [0.4, 0.5) is 5.69 Å². The molecular weight excluding hydrogens is 252 g/mol. The number of benzene rings is 1. The lowest BCUT2D eigenvalue weighted by Crippen LogP contribution is -2.30. The van der Waals surface area contributed by atoms with Crippen LogP contribution in [-0.4, -0.2) is 33.7 Å². The fraction of sp³-hybridized carbons (Fsp3) is 0.417. The van der Waals surface area contributed by atoms with Gasteiger partial charge in [0.1, 0.15) is 0 Å². The molecule has 100 valence electrons. The Hall–Kier alpha value is -1.56. The van der Waals surface area contributed by atoms with Crippen LogP contribution in [0, 0.1) is 0 Å². The molecule has 5 nitrogen and oxygen atoms in total. The lowest BCUT2D eigenvalue weighted by molar-refractivity contribution is -0.119. The minimum absolute atomic E-state index is 0.0796. The number of carbonyl (C=O) groups is 1. The molecule has 2 N–H and O–H groups in total. The van der Waals surface area contributed by atoms with Gasteiger partial charge in [-0.1, -0.05) is 6.92 Å². The van der Waals surface area contributed by atoms with Crippen molar-refractivity contribution in [3.63, 3.8) is 0 Å². The minimum Gasteiger partial charge on any atom is -0.376 e. The van der Waals surface area contributed by atoms with Crippen molar-refractivity contribution in [3.05, 3.63) is 24.3 Å². The predicted molar refractivity (Wildman–Crippen MR) is 71.3 cm³/mol. The van der Waals surface area contributed by atoms with Crippen molar-refractivity contribution < 1.29 is 13.2 Å². The summed E-state index contributed by atoms with van der Waals surface area (Å²) in [5.41, 5.74) is 0.717. The maximum Gasteiger partial charge on any atom is 0.239 e. The van der Waals surface area contributed by atoms with Crippen molar-refractivity contribution in [1.29, 1.82) is 0 Å². The Labute approximate surface area is 108 Å². The zero-order valence-corrected chi connectivity index (χ0v) is 11.4. The molecule has 0 saturated carbocycles. The molecule has 1 rings (SSSR count). The summed E-state index contributed by atoms with van der Waals surface area (Å²) in [4.78, 5) is 11.6. The van der Waals surface area contributed by atoms with Gasteiger partial charge in [0.25, 0.3) is 0 Å². The summed E-state index contributed by atoms with van der Waals surface area (Å²) in [5.74, 6) is -0.0796. The van der Waals surface area contributed by atoms with E-state index < -0.39 is 9.84 Å². The van der Waals surface area contributed by atoms with Crippen molar-refractivity contribution in [2.24, 2.45) is 0 Å². The highest BCUT2D eigenvalue weighted by Gasteiger charge is 2.06. The van der Waals surface area contributed by atoms with E-state index in [0.717, 1.165) is 12.7 Å². The van der Waals surface area contributed by atoms with Gasteiger partial charge in [-0.15, -0.1) is 0 Å². The van der Waals surface area contributed by atoms with E-state index in [1.165, 1.54) is 12.1 Å². The molecule has 1 amide bonds. The zero-order chi connectivity index (χ0) is 13.6. The molecule has 0 bridgehead atoms. The molecule has 0 aliphatic carbocycles. The number of sulfone groups is 1. The number of hydrogen-bond acceptors (Lipinski definition) is 4. The molecule has 1 aromatic rings. The average Bonchev–Trinajstić information content (AvgIpc) is 2.33. The van der Waals surface area contributed by atoms with Crippen LogP contribution in [0.15, 0.2) is 29.2 Å². The highest BCUT2D eigenvalue weighted by atomic mass is 32.2. The fourth-order valence-corrected chi connectivity index (χ4v) is 1.96. The molecule has 0 radical (unpaired) electrons. The summed E-state index contributed by atoms with van der Waals surface area (Å²) >= 11 is 0. The Balaban J connectivity index is 2.52. The van der Waals surface area contributed by atoms with Crippen LogP contribution in [-0.2, 0) is 14.6 Å². The zero-order valence-electron chi connectivity index (χ0n) is 10.6. The van der Waals surface area contributed by atoms with E-state index in [0.29, 0.717) is 12.2 Å². The summed E-state index contributed by atoms with van der Waals surface area (Å²) in [7, 11) is -3.17. The number of carbonyl (C=O) groups excluding carboxylic acids is 1. The van der Waals surface area contributed by atoms with E-state index in [-0.39, 0.29) is 17.3 Å². The van der Waals surface area contributed by atoms with Crippen molar-refractivity contribution in [2.75, 3.05) is 24.7 Å². The van der Waals surface area contributed by atoms with Crippen LogP contribution in [0.2, 0.25) is 0 Å². The highest BCUT2D eigenvalue weighted by Crippen LogP contribution is 2.13. The minimum atomic E-state index is -3.17. The molecule has 0 saturated heterocycles. The van der Waals surface area contributed by atoms with E-state index in [1.54, 1.807) is 12.1 Å². The SMILES string of the molecule is CCCNC(=O)CNc1ccc(S(C)(=O)=O)cc1. The predicted octanol–water partition coefficient (Wildman–Crippen LogP) is 1.03. The van der Waals surface area contributed by atoms with Gasteiger partial charge in [-0.3, -0.25) is 4.79 Å². The van der Waals surface area contributed by atoms with E-state index >= 15 is 0 Å². The Morgan fingerprint density at radius 2 is 1.83 bits per heavy atom. The highest BCUT2D eigenvalue weighted by molar-refractivity contribution is 7.90. The van der Waals surface area contributed by atoms with Gasteiger partial charge in [-0.25, -0.2) is 8.42 Å². The van der Waals surface area contributed by atoms with Gasteiger partial charge in [0.15, 0.2) is 9.84 Å². The van der Waals surface area contributed by atoms with Gasteiger partial charge in [0.05, 0.1) is 11.4 Å². The fourth-order valence-electron chi connectivity index (χ4n) is 1.33. The van der Waals surface area contributed by atoms with Gasteiger partial charge in [-0.2, -0.15) is 0 Å². The Bertz CT molecular complexity index is 495. The molecule has 0 aliphatic rings. The second kappa shape index (κ2) is 6.39. The van der Waals surface area contributed by atoms with Gasteiger partial charge >= 0.3 is 0 Å². The number of amides is 1. The molecule has 0 fully saturated rings. The Morgan fingerprint density at radius 3 is 2.33 bits per heavy atom. The summed E-state index contributed by atoms with van der Waals surface area (Å²) in [6, 6.07) is 6.32. The number of hydrogen-bond donors (Lipinski definition) is 2. The first-order valence-corrected chi connectivity index (χ1v) is 7.63. The quantitative estimate of drug-likeness (QED) is 0.809. The van der Waals surface area contributed by atoms with Crippen LogP contribution in [0.3, 0.4) is 0 Å². The molecule has 18 heavy (non-hydrogen) atoms. The molecule has 0 aromatic heterocycles. The van der Waals surface area contributed by atoms with Crippen molar-refractivity contribution in [3.8, 4) is 0 Å². The number of nitrogens with one attached hydrogen (secondary N) is 2. The number of rotatable bonds is 6. The van der Waals surface area contributed by atoms with Crippen LogP contribution in [0.1, 0.15) is 13.3 Å². The second-order valence-electron chi connectivity index (χ2n) is 4.00. The molecular formula is C12H18N2O3S. The first-order chi connectivity index (χ1) is 8.43. The number of anilines is 1. The smallest absolute Gasteiger partial charge is 0.239 e. The van der Waals surface area contributed by atoms with Gasteiger partial charge in [0, 0.05) is 18.5 Å². The Kier molecular flexibility index (Phi) is 5.15. The summed E-state index contributed by atoms with van der Waals surface area (Å²) in [6.45, 7) is 2.82. The van der Waals surface area contributed by atoms with E-state index in [4.69, 9.17) is 0 Å². The van der Waals surface area contributed by atoms with E-state index in [9.17, 15) is 13.2 Å². The summed E-state index contributed by atoms with van der Waals surface area (Å²) < 4.78 is 22.5. The third-order valence-corrected chi connectivity index (χ3v) is 3.44. The van der Waals surface area contributed by atoms with Crippen molar-refractivity contribution in [2.45, 2.75) is 18.2 Å². The van der Waals surface area contributed by atoms with Gasteiger partial charge < -0.3 is 10.6 Å². The molecule has 0 aliphatic heterocycles. The monoisotopic (exact) mass is 270 g/mol. The van der Waals surface area contributed by atoms with E-state index in [1.807, 2.05) is 6.92 Å². The third-order valence-electron chi connectivity index (χ3n) is 2.31.